The minimum Gasteiger partial charge on any atom is -0.309 e. The van der Waals surface area contributed by atoms with E-state index in [-0.39, 0.29) is 0 Å². The lowest BCUT2D eigenvalue weighted by Crippen LogP contribution is -2.30. The van der Waals surface area contributed by atoms with Gasteiger partial charge in [-0.15, -0.1) is 0 Å². The number of pyridine rings is 1. The Hall–Kier alpha value is -0.970. The lowest BCUT2D eigenvalue weighted by Gasteiger charge is -2.24. The first-order chi connectivity index (χ1) is 9.58. The summed E-state index contributed by atoms with van der Waals surface area (Å²) in [7, 11) is 8.55. The van der Waals surface area contributed by atoms with Crippen molar-refractivity contribution in [2.24, 2.45) is 0 Å². The van der Waals surface area contributed by atoms with Crippen LogP contribution in [-0.2, 0) is 6.54 Å². The summed E-state index contributed by atoms with van der Waals surface area (Å²) in [5.41, 5.74) is 1.31. The molecule has 0 saturated carbocycles. The van der Waals surface area contributed by atoms with E-state index >= 15 is 0 Å². The van der Waals surface area contributed by atoms with E-state index in [1.54, 1.807) is 0 Å². The number of hydrogen-bond donors (Lipinski definition) is 0. The molecule has 0 atom stereocenters. The molecule has 0 fully saturated rings. The summed E-state index contributed by atoms with van der Waals surface area (Å²) in [4.78, 5) is 11.3. The van der Waals surface area contributed by atoms with Crippen molar-refractivity contribution in [2.75, 3.05) is 54.4 Å². The van der Waals surface area contributed by atoms with Gasteiger partial charge in [-0.3, -0.25) is 9.88 Å². The van der Waals surface area contributed by atoms with E-state index in [9.17, 15) is 0 Å². The molecule has 0 aliphatic carbocycles. The second-order valence-corrected chi connectivity index (χ2v) is 5.95. The average molecular weight is 278 g/mol. The van der Waals surface area contributed by atoms with Crippen molar-refractivity contribution in [1.29, 1.82) is 0 Å². The van der Waals surface area contributed by atoms with Gasteiger partial charge in [0, 0.05) is 18.9 Å². The molecule has 20 heavy (non-hydrogen) atoms. The summed E-state index contributed by atoms with van der Waals surface area (Å²) in [6, 6.07) is 4.19. The second kappa shape index (κ2) is 9.86. The summed E-state index contributed by atoms with van der Waals surface area (Å²) in [6.45, 7) is 5.62. The van der Waals surface area contributed by atoms with Gasteiger partial charge in [0.05, 0.1) is 0 Å². The van der Waals surface area contributed by atoms with Crippen molar-refractivity contribution in [3.63, 3.8) is 0 Å². The maximum Gasteiger partial charge on any atom is 0.0312 e. The van der Waals surface area contributed by atoms with Gasteiger partial charge >= 0.3 is 0 Å². The smallest absolute Gasteiger partial charge is 0.0312 e. The van der Waals surface area contributed by atoms with Gasteiger partial charge < -0.3 is 9.80 Å². The highest BCUT2D eigenvalue weighted by Crippen LogP contribution is 2.05. The molecule has 0 saturated heterocycles. The third-order valence-electron chi connectivity index (χ3n) is 3.29. The minimum absolute atomic E-state index is 1.01. The normalized spacial score (nSPS) is 11.8. The van der Waals surface area contributed by atoms with E-state index in [0.29, 0.717) is 0 Å². The van der Waals surface area contributed by atoms with E-state index in [1.807, 2.05) is 18.5 Å². The number of rotatable bonds is 10. The summed E-state index contributed by atoms with van der Waals surface area (Å²) in [6.07, 6.45) is 6.25. The van der Waals surface area contributed by atoms with Gasteiger partial charge in [-0.25, -0.2) is 0 Å². The van der Waals surface area contributed by atoms with Gasteiger partial charge in [0.1, 0.15) is 0 Å². The molecule has 0 amide bonds. The van der Waals surface area contributed by atoms with Crippen LogP contribution in [0.25, 0.3) is 0 Å². The zero-order chi connectivity index (χ0) is 14.8. The van der Waals surface area contributed by atoms with Crippen LogP contribution in [0, 0.1) is 0 Å². The summed E-state index contributed by atoms with van der Waals surface area (Å²) in [5.74, 6) is 0. The monoisotopic (exact) mass is 278 g/mol. The molecule has 0 spiro atoms. The Kier molecular flexibility index (Phi) is 8.42. The molecule has 0 aliphatic rings. The fourth-order valence-electron chi connectivity index (χ4n) is 2.24. The Morgan fingerprint density at radius 2 is 1.50 bits per heavy atom. The van der Waals surface area contributed by atoms with Crippen molar-refractivity contribution in [3.05, 3.63) is 30.1 Å². The van der Waals surface area contributed by atoms with Crippen molar-refractivity contribution < 1.29 is 0 Å². The molecule has 1 aromatic rings. The van der Waals surface area contributed by atoms with Gasteiger partial charge in [0.15, 0.2) is 0 Å². The Balaban J connectivity index is 2.41. The largest absolute Gasteiger partial charge is 0.309 e. The van der Waals surface area contributed by atoms with Crippen LogP contribution >= 0.6 is 0 Å². The molecule has 1 heterocycles. The third kappa shape index (κ3) is 8.25. The molecule has 0 unspecified atom stereocenters. The van der Waals surface area contributed by atoms with Crippen LogP contribution < -0.4 is 0 Å². The van der Waals surface area contributed by atoms with Crippen LogP contribution in [0.4, 0.5) is 0 Å². The SMILES string of the molecule is CN(C)CCCN(CCCN(C)C)Cc1cccnc1. The number of aromatic nitrogens is 1. The first-order valence-electron chi connectivity index (χ1n) is 7.48. The van der Waals surface area contributed by atoms with Crippen LogP contribution in [0.5, 0.6) is 0 Å². The highest BCUT2D eigenvalue weighted by molar-refractivity contribution is 5.08. The van der Waals surface area contributed by atoms with Gasteiger partial charge in [0.25, 0.3) is 0 Å². The molecular formula is C16H30N4. The molecule has 114 valence electrons. The first-order valence-corrected chi connectivity index (χ1v) is 7.48. The Morgan fingerprint density at radius 1 is 0.900 bits per heavy atom. The van der Waals surface area contributed by atoms with Crippen LogP contribution in [0.15, 0.2) is 24.5 Å². The predicted octanol–water partition coefficient (Wildman–Crippen LogP) is 1.79. The van der Waals surface area contributed by atoms with Gasteiger partial charge in [0.2, 0.25) is 0 Å². The van der Waals surface area contributed by atoms with Crippen molar-refractivity contribution in [1.82, 2.24) is 19.7 Å². The zero-order valence-corrected chi connectivity index (χ0v) is 13.5. The summed E-state index contributed by atoms with van der Waals surface area (Å²) >= 11 is 0. The number of nitrogens with zero attached hydrogens (tertiary/aromatic N) is 4. The predicted molar refractivity (Wildman–Crippen MR) is 85.9 cm³/mol. The zero-order valence-electron chi connectivity index (χ0n) is 13.5. The van der Waals surface area contributed by atoms with E-state index < -0.39 is 0 Å². The van der Waals surface area contributed by atoms with E-state index in [2.05, 4.69) is 53.9 Å². The molecule has 4 nitrogen and oxygen atoms in total. The van der Waals surface area contributed by atoms with Crippen LogP contribution in [0.1, 0.15) is 18.4 Å². The summed E-state index contributed by atoms with van der Waals surface area (Å²) < 4.78 is 0. The Labute approximate surface area is 124 Å². The molecule has 0 aromatic carbocycles. The quantitative estimate of drug-likeness (QED) is 0.651. The molecule has 0 N–H and O–H groups in total. The molecule has 0 radical (unpaired) electrons. The Bertz CT molecular complexity index is 324. The van der Waals surface area contributed by atoms with Gasteiger partial charge in [-0.1, -0.05) is 6.07 Å². The minimum atomic E-state index is 1.01. The van der Waals surface area contributed by atoms with E-state index in [1.165, 1.54) is 18.4 Å². The van der Waals surface area contributed by atoms with Crippen molar-refractivity contribution in [2.45, 2.75) is 19.4 Å². The van der Waals surface area contributed by atoms with E-state index in [4.69, 9.17) is 0 Å². The van der Waals surface area contributed by atoms with Crippen molar-refractivity contribution >= 4 is 0 Å². The second-order valence-electron chi connectivity index (χ2n) is 5.95. The molecule has 4 heteroatoms. The van der Waals surface area contributed by atoms with Crippen molar-refractivity contribution in [3.8, 4) is 0 Å². The molecule has 1 rings (SSSR count). The Morgan fingerprint density at radius 3 is 1.95 bits per heavy atom. The average Bonchev–Trinajstić information content (AvgIpc) is 2.38. The van der Waals surface area contributed by atoms with Gasteiger partial charge in [-0.2, -0.15) is 0 Å². The maximum absolute atomic E-state index is 4.21. The van der Waals surface area contributed by atoms with Gasteiger partial charge in [-0.05, 0) is 78.8 Å². The fourth-order valence-corrected chi connectivity index (χ4v) is 2.24. The van der Waals surface area contributed by atoms with Crippen LogP contribution in [-0.4, -0.2) is 74.1 Å². The third-order valence-corrected chi connectivity index (χ3v) is 3.29. The molecular weight excluding hydrogens is 248 g/mol. The van der Waals surface area contributed by atoms with Crippen LogP contribution in [0.2, 0.25) is 0 Å². The lowest BCUT2D eigenvalue weighted by molar-refractivity contribution is 0.233. The van der Waals surface area contributed by atoms with Crippen LogP contribution in [0.3, 0.4) is 0 Å². The highest BCUT2D eigenvalue weighted by Gasteiger charge is 2.06. The molecule has 0 aliphatic heterocycles. The van der Waals surface area contributed by atoms with E-state index in [0.717, 1.165) is 32.7 Å². The molecule has 0 bridgehead atoms. The fraction of sp³-hybridized carbons (Fsp3) is 0.688. The lowest BCUT2D eigenvalue weighted by atomic mass is 10.2. The standard InChI is InChI=1S/C16H30N4/c1-18(2)10-6-12-20(13-7-11-19(3)4)15-16-8-5-9-17-14-16/h5,8-9,14H,6-7,10-13,15H2,1-4H3. The number of hydrogen-bond acceptors (Lipinski definition) is 4. The maximum atomic E-state index is 4.21. The first kappa shape index (κ1) is 17.1. The molecule has 1 aromatic heterocycles. The highest BCUT2D eigenvalue weighted by atomic mass is 15.1. The summed E-state index contributed by atoms with van der Waals surface area (Å²) in [5, 5.41) is 0. The topological polar surface area (TPSA) is 22.6 Å².